The lowest BCUT2D eigenvalue weighted by Crippen LogP contribution is -2.33. The van der Waals surface area contributed by atoms with Gasteiger partial charge in [0.25, 0.3) is 29.5 Å². The van der Waals surface area contributed by atoms with Crippen molar-refractivity contribution >= 4 is 118 Å². The van der Waals surface area contributed by atoms with Crippen molar-refractivity contribution in [1.82, 2.24) is 27.4 Å². The maximum atomic E-state index is 11.8. The molecule has 5 amide bonds. The quantitative estimate of drug-likeness (QED) is 0.0131. The molecule has 5 aromatic carbocycles. The molecule has 0 bridgehead atoms. The predicted molar refractivity (Wildman–Crippen MR) is 430 cm³/mol. The van der Waals surface area contributed by atoms with Gasteiger partial charge in [0.05, 0.1) is 39.2 Å². The topological polar surface area (TPSA) is 549 Å². The van der Waals surface area contributed by atoms with Crippen molar-refractivity contribution in [3.63, 3.8) is 0 Å². The third-order valence-electron chi connectivity index (χ3n) is 17.6. The fourth-order valence-corrected chi connectivity index (χ4v) is 10.5. The van der Waals surface area contributed by atoms with E-state index in [0.717, 1.165) is 12.5 Å². The molecule has 5 rings (SSSR count). The van der Waals surface area contributed by atoms with Gasteiger partial charge in [0.15, 0.2) is 0 Å². The van der Waals surface area contributed by atoms with Crippen LogP contribution in [0.5, 0.6) is 0 Å². The van der Waals surface area contributed by atoms with Gasteiger partial charge in [-0.2, -0.15) is 27.4 Å². The largest absolute Gasteiger partial charge is 0.478 e. The highest BCUT2D eigenvalue weighted by molar-refractivity contribution is 5.91. The number of aromatic carboxylic acids is 5. The van der Waals surface area contributed by atoms with Crippen LogP contribution in [0, 0.1) is 40.9 Å². The molecule has 0 spiro atoms. The van der Waals surface area contributed by atoms with Crippen LogP contribution in [-0.2, 0) is 128 Å². The Morgan fingerprint density at radius 2 is 0.554 bits per heavy atom. The van der Waals surface area contributed by atoms with E-state index in [1.807, 2.05) is 16.4 Å². The second-order valence-electron chi connectivity index (χ2n) is 29.1. The van der Waals surface area contributed by atoms with Crippen LogP contribution in [0.25, 0.3) is 0 Å². The third kappa shape index (κ3) is 46.3. The first-order chi connectivity index (χ1) is 56.6. The minimum Gasteiger partial charge on any atom is -0.478 e. The summed E-state index contributed by atoms with van der Waals surface area (Å²) in [4.78, 5) is 249. The summed E-state index contributed by atoms with van der Waals surface area (Å²) in [5.41, 5.74) is 13.9. The molecule has 0 aliphatic heterocycles. The van der Waals surface area contributed by atoms with Crippen LogP contribution in [0.1, 0.15) is 240 Å². The Hall–Kier alpha value is -13.5. The molecule has 35 nitrogen and oxygen atoms in total. The molecular weight excluding hydrogens is 1580 g/mol. The Bertz CT molecular complexity index is 4460. The highest BCUT2D eigenvalue weighted by atomic mass is 16.7. The molecule has 0 radical (unpaired) electrons. The van der Waals surface area contributed by atoms with E-state index in [4.69, 9.17) is 30.4 Å². The number of carbonyl (C=O) groups is 20. The maximum absolute atomic E-state index is 11.8. The average Bonchev–Trinajstić information content (AvgIpc) is 0.876. The summed E-state index contributed by atoms with van der Waals surface area (Å²) in [7, 11) is 0. The fourth-order valence-electron chi connectivity index (χ4n) is 10.5. The van der Waals surface area contributed by atoms with E-state index in [2.05, 4.69) is 30.3 Å². The number of hydrogen-bond donors (Lipinski definition) is 10. The van der Waals surface area contributed by atoms with Crippen molar-refractivity contribution < 1.29 is 146 Å². The third-order valence-corrected chi connectivity index (χ3v) is 17.6. The fraction of sp³-hybridized carbons (Fsp3) is 0.419. The minimum absolute atomic E-state index is 0.0142. The molecule has 0 fully saturated rings. The second kappa shape index (κ2) is 55.2. The molecule has 5 aromatic rings. The number of carbonyl (C=O) groups excluding carboxylic acids is 15. The zero-order valence-corrected chi connectivity index (χ0v) is 69.8. The van der Waals surface area contributed by atoms with Crippen molar-refractivity contribution in [2.45, 2.75) is 193 Å². The highest BCUT2D eigenvalue weighted by Gasteiger charge is 2.27. The Balaban J connectivity index is 0.000000757. The second-order valence-corrected chi connectivity index (χ2v) is 29.1. The summed E-state index contributed by atoms with van der Waals surface area (Å²) in [5, 5.41) is 44.8. The number of ketones is 5. The van der Waals surface area contributed by atoms with Crippen molar-refractivity contribution in [1.29, 1.82) is 0 Å². The first-order valence-electron chi connectivity index (χ1n) is 38.2. The molecule has 0 aliphatic carbocycles. The molecule has 656 valence electrons. The lowest BCUT2D eigenvalue weighted by atomic mass is 9.91. The van der Waals surface area contributed by atoms with E-state index in [1.54, 1.807) is 102 Å². The van der Waals surface area contributed by atoms with Gasteiger partial charge in [-0.15, -0.1) is 0 Å². The normalized spacial score (nSPS) is 11.6. The molecule has 10 N–H and O–H groups in total. The van der Waals surface area contributed by atoms with Gasteiger partial charge in [-0.3, -0.25) is 57.5 Å². The maximum Gasteiger partial charge on any atom is 0.337 e. The van der Waals surface area contributed by atoms with Crippen molar-refractivity contribution in [2.75, 3.05) is 0 Å². The Labute approximate surface area is 698 Å². The number of carboxylic acid groups (broad SMARTS) is 5. The lowest BCUT2D eigenvalue weighted by molar-refractivity contribution is -0.166. The molecule has 121 heavy (non-hydrogen) atoms. The number of amides is 5. The predicted octanol–water partition coefficient (Wildman–Crippen LogP) is 9.59. The van der Waals surface area contributed by atoms with E-state index in [0.29, 0.717) is 60.8 Å². The SMILES string of the molecule is CC(=O)C(CCC(=O)NOC(=O)C(C)(C)C)Cc1cccc(C(=O)O)c1.CC(=O)C(CCC(=O)NOC(=O)C(C)C)Cc1cccc(C(=O)O)c1.CC(=O)ONC(=O)CCC(Cc1ccc(C(=O)O)cc1)C(C)=O.CC(=O)ONC(=O)CCC(Cc1cccc(C(=O)O)c1)C(C)=O.CCC(=O)ONC(=O)CCC(Cc1cccc(C(=O)O)c1)C(C)=O. The summed E-state index contributed by atoms with van der Waals surface area (Å²) in [6, 6.07) is 31.7. The zero-order valence-electron chi connectivity index (χ0n) is 69.8. The zero-order chi connectivity index (χ0) is 91.8. The van der Waals surface area contributed by atoms with Crippen LogP contribution in [0.15, 0.2) is 121 Å². The summed E-state index contributed by atoms with van der Waals surface area (Å²) in [5.74, 6) is -13.3. The lowest BCUT2D eigenvalue weighted by Gasteiger charge is -2.17. The molecule has 0 heterocycles. The monoisotopic (exact) mass is 1690 g/mol. The number of nitrogens with one attached hydrogen (secondary N) is 5. The van der Waals surface area contributed by atoms with Crippen LogP contribution < -0.4 is 27.4 Å². The van der Waals surface area contributed by atoms with Gasteiger partial charge < -0.3 is 49.7 Å². The van der Waals surface area contributed by atoms with Gasteiger partial charge in [0.2, 0.25) is 0 Å². The first kappa shape index (κ1) is 106. The number of hydrogen-bond acceptors (Lipinski definition) is 25. The number of carboxylic acids is 5. The molecule has 0 aromatic heterocycles. The molecule has 0 aliphatic rings. The van der Waals surface area contributed by atoms with Gasteiger partial charge in [-0.05, 0) is 208 Å². The van der Waals surface area contributed by atoms with Crippen LogP contribution in [0.2, 0.25) is 0 Å². The van der Waals surface area contributed by atoms with E-state index in [9.17, 15) is 95.9 Å². The Morgan fingerprint density at radius 1 is 0.314 bits per heavy atom. The summed E-state index contributed by atoms with van der Waals surface area (Å²) in [6.07, 6.45) is 3.48. The van der Waals surface area contributed by atoms with E-state index in [1.165, 1.54) is 102 Å². The molecule has 35 heteroatoms. The van der Waals surface area contributed by atoms with Crippen molar-refractivity contribution in [2.24, 2.45) is 40.9 Å². The Morgan fingerprint density at radius 3 is 0.777 bits per heavy atom. The van der Waals surface area contributed by atoms with E-state index < -0.39 is 118 Å². The van der Waals surface area contributed by atoms with Gasteiger partial charge in [0, 0.05) is 82.0 Å². The standard InChI is InChI=1S/C19H25NO6.C18H23NO6.C17H21NO6.2C16H19NO6/c1-12(21)14(10-13-6-5-7-15(11-13)17(23)24)8-9-16(22)20-26-18(25)19(2,3)4;1-11(2)18(24)25-19-16(21)8-7-14(12(3)20)9-13-5-4-6-15(10-13)17(22)23;1-3-16(21)24-18-15(20)8-7-13(11(2)19)9-12-5-4-6-14(10-12)17(22)23;1-10(18)14(7-8-15(20)17-23-11(2)19)9-12-3-5-13(6-4-12)16(21)22;1-10(18)13(6-7-15(20)17-23-11(2)19)8-12-4-3-5-14(9-12)16(21)22/h5-7,11,14H,8-10H2,1-4H3,(H,20,22)(H,23,24);4-6,10-11,14H,7-9H2,1-3H3,(H,19,21)(H,22,23);4-6,10,13H,3,7-9H2,1-2H3,(H,18,20)(H,22,23);3-6,14H,7-9H2,1-2H3,(H,17,20)(H,21,22);3-5,9,13H,6-8H2,1-2H3,(H,17,20)(H,21,22). The minimum atomic E-state index is -1.04. The molecular formula is C86H107N5O30. The number of rotatable bonds is 37. The molecule has 0 saturated carbocycles. The molecule has 5 atom stereocenters. The number of benzene rings is 5. The van der Waals surface area contributed by atoms with Crippen LogP contribution in [0.3, 0.4) is 0 Å². The molecule has 5 unspecified atom stereocenters. The summed E-state index contributed by atoms with van der Waals surface area (Å²) < 4.78 is 0. The highest BCUT2D eigenvalue weighted by Crippen LogP contribution is 2.23. The number of hydroxylamine groups is 5. The Kier molecular flexibility index (Phi) is 48.2. The van der Waals surface area contributed by atoms with Crippen LogP contribution >= 0.6 is 0 Å². The van der Waals surface area contributed by atoms with Crippen molar-refractivity contribution in [3.05, 3.63) is 177 Å². The van der Waals surface area contributed by atoms with Crippen LogP contribution in [-0.4, -0.2) is 144 Å². The average molecular weight is 1690 g/mol. The summed E-state index contributed by atoms with van der Waals surface area (Å²) >= 11 is 0. The molecule has 0 saturated heterocycles. The smallest absolute Gasteiger partial charge is 0.337 e. The van der Waals surface area contributed by atoms with Crippen molar-refractivity contribution in [3.8, 4) is 0 Å². The number of Topliss-reactive ketones (excluding diaryl/α,β-unsaturated/α-hetero) is 5. The van der Waals surface area contributed by atoms with E-state index in [-0.39, 0.29) is 133 Å². The van der Waals surface area contributed by atoms with Crippen LogP contribution in [0.4, 0.5) is 0 Å². The van der Waals surface area contributed by atoms with Gasteiger partial charge in [0.1, 0.15) is 28.9 Å². The van der Waals surface area contributed by atoms with E-state index >= 15 is 0 Å². The first-order valence-corrected chi connectivity index (χ1v) is 38.2. The van der Waals surface area contributed by atoms with Gasteiger partial charge >= 0.3 is 59.7 Å². The summed E-state index contributed by atoms with van der Waals surface area (Å²) in [6.45, 7) is 19.4. The van der Waals surface area contributed by atoms with Gasteiger partial charge in [-0.25, -0.2) is 38.4 Å². The van der Waals surface area contributed by atoms with Gasteiger partial charge in [-0.1, -0.05) is 81.4 Å².